The Morgan fingerprint density at radius 1 is 0.972 bits per heavy atom. The number of carbonyl (C=O) groups excluding carboxylic acids is 3. The third-order valence-electron chi connectivity index (χ3n) is 5.18. The predicted octanol–water partition coefficient (Wildman–Crippen LogP) is 1.40. The Bertz CT molecular complexity index is 1460. The molecular formula is C24H20N6O6. The van der Waals surface area contributed by atoms with E-state index in [1.54, 1.807) is 30.3 Å². The monoisotopic (exact) mass is 488 g/mol. The lowest BCUT2D eigenvalue weighted by Gasteiger charge is -2.10. The number of nitrogens with two attached hydrogens (primary N) is 1. The zero-order valence-corrected chi connectivity index (χ0v) is 18.7. The second-order valence-corrected chi connectivity index (χ2v) is 7.58. The topological polar surface area (TPSA) is 178 Å². The van der Waals surface area contributed by atoms with E-state index in [1.165, 1.54) is 35.0 Å². The molecule has 0 atom stereocenters. The summed E-state index contributed by atoms with van der Waals surface area (Å²) in [4.78, 5) is 51.4. The number of anilines is 1. The van der Waals surface area contributed by atoms with E-state index in [2.05, 4.69) is 20.7 Å². The molecule has 0 radical (unpaired) electrons. The number of carboxylic acid groups (broad SMARTS) is 1. The van der Waals surface area contributed by atoms with Crippen LogP contribution in [0.2, 0.25) is 0 Å². The van der Waals surface area contributed by atoms with Crippen molar-refractivity contribution in [3.8, 4) is 5.75 Å². The quantitative estimate of drug-likeness (QED) is 0.200. The van der Waals surface area contributed by atoms with Gasteiger partial charge in [-0.1, -0.05) is 18.2 Å². The minimum atomic E-state index is -1.04. The molecule has 0 fully saturated rings. The number of nitrogens with zero attached hydrogens (tertiary/aromatic N) is 3. The van der Waals surface area contributed by atoms with E-state index in [0.717, 1.165) is 0 Å². The fourth-order valence-corrected chi connectivity index (χ4v) is 3.37. The SMILES string of the molecule is Nc1cc(CNC(=O)c2cc(C(=O)NCc3ccc(C(=O)O)cc3)n3nccc3n2)ccc1OC=O. The molecule has 0 saturated carbocycles. The summed E-state index contributed by atoms with van der Waals surface area (Å²) in [5, 5.41) is 18.5. The van der Waals surface area contributed by atoms with Gasteiger partial charge in [-0.05, 0) is 35.4 Å². The lowest BCUT2D eigenvalue weighted by Crippen LogP contribution is -2.28. The fraction of sp³-hybridized carbons (Fsp3) is 0.0833. The van der Waals surface area contributed by atoms with Crippen LogP contribution in [0.15, 0.2) is 60.8 Å². The minimum Gasteiger partial charge on any atom is -0.478 e. The molecule has 0 aliphatic carbocycles. The summed E-state index contributed by atoms with van der Waals surface area (Å²) < 4.78 is 6.06. The van der Waals surface area contributed by atoms with Crippen LogP contribution in [-0.4, -0.2) is 44.0 Å². The Hall–Kier alpha value is -5.26. The first-order valence-corrected chi connectivity index (χ1v) is 10.6. The molecule has 2 heterocycles. The molecule has 4 aromatic rings. The number of hydrogen-bond donors (Lipinski definition) is 4. The normalized spacial score (nSPS) is 10.6. The number of hydrogen-bond acceptors (Lipinski definition) is 8. The van der Waals surface area contributed by atoms with Crippen LogP contribution in [0, 0.1) is 0 Å². The highest BCUT2D eigenvalue weighted by Gasteiger charge is 2.18. The van der Waals surface area contributed by atoms with Crippen LogP contribution >= 0.6 is 0 Å². The van der Waals surface area contributed by atoms with E-state index in [9.17, 15) is 19.2 Å². The van der Waals surface area contributed by atoms with Gasteiger partial charge in [-0.25, -0.2) is 14.3 Å². The third kappa shape index (κ3) is 5.28. The first-order valence-electron chi connectivity index (χ1n) is 10.6. The molecule has 12 heteroatoms. The van der Waals surface area contributed by atoms with Crippen LogP contribution in [-0.2, 0) is 17.9 Å². The Morgan fingerprint density at radius 2 is 1.67 bits per heavy atom. The van der Waals surface area contributed by atoms with Crippen molar-refractivity contribution in [3.63, 3.8) is 0 Å². The van der Waals surface area contributed by atoms with E-state index >= 15 is 0 Å². The van der Waals surface area contributed by atoms with Gasteiger partial charge in [0, 0.05) is 25.2 Å². The third-order valence-corrected chi connectivity index (χ3v) is 5.18. The maximum absolute atomic E-state index is 12.9. The van der Waals surface area contributed by atoms with Crippen LogP contribution in [0.5, 0.6) is 5.75 Å². The first kappa shape index (κ1) is 23.9. The largest absolute Gasteiger partial charge is 0.478 e. The van der Waals surface area contributed by atoms with Crippen molar-refractivity contribution in [3.05, 3.63) is 88.9 Å². The van der Waals surface area contributed by atoms with Gasteiger partial charge in [0.05, 0.1) is 17.4 Å². The summed E-state index contributed by atoms with van der Waals surface area (Å²) in [7, 11) is 0. The second-order valence-electron chi connectivity index (χ2n) is 7.58. The molecular weight excluding hydrogens is 468 g/mol. The average molecular weight is 488 g/mol. The lowest BCUT2D eigenvalue weighted by molar-refractivity contribution is -0.120. The van der Waals surface area contributed by atoms with Gasteiger partial charge in [0.2, 0.25) is 0 Å². The van der Waals surface area contributed by atoms with Crippen LogP contribution < -0.4 is 21.1 Å². The number of carbonyl (C=O) groups is 4. The number of benzene rings is 2. The Balaban J connectivity index is 1.47. The van der Waals surface area contributed by atoms with E-state index in [1.807, 2.05) is 0 Å². The summed E-state index contributed by atoms with van der Waals surface area (Å²) >= 11 is 0. The van der Waals surface area contributed by atoms with Gasteiger partial charge >= 0.3 is 5.97 Å². The van der Waals surface area contributed by atoms with E-state index < -0.39 is 17.8 Å². The van der Waals surface area contributed by atoms with Crippen molar-refractivity contribution in [1.29, 1.82) is 0 Å². The van der Waals surface area contributed by atoms with Crippen molar-refractivity contribution < 1.29 is 29.0 Å². The average Bonchev–Trinajstić information content (AvgIpc) is 3.36. The number of nitrogen functional groups attached to an aromatic ring is 1. The van der Waals surface area contributed by atoms with Gasteiger partial charge < -0.3 is 26.2 Å². The maximum atomic E-state index is 12.9. The minimum absolute atomic E-state index is 0.00726. The number of aromatic carboxylic acids is 1. The van der Waals surface area contributed by atoms with Crippen molar-refractivity contribution in [2.75, 3.05) is 5.73 Å². The number of rotatable bonds is 9. The number of nitrogens with one attached hydrogen (secondary N) is 2. The second kappa shape index (κ2) is 10.3. The van der Waals surface area contributed by atoms with Gasteiger partial charge in [0.25, 0.3) is 18.3 Å². The van der Waals surface area contributed by atoms with E-state index in [-0.39, 0.29) is 47.9 Å². The molecule has 182 valence electrons. The van der Waals surface area contributed by atoms with Gasteiger partial charge in [-0.2, -0.15) is 5.10 Å². The first-order chi connectivity index (χ1) is 17.4. The Morgan fingerprint density at radius 3 is 2.36 bits per heavy atom. The van der Waals surface area contributed by atoms with Crippen molar-refractivity contribution >= 4 is 35.6 Å². The van der Waals surface area contributed by atoms with Gasteiger partial charge in [-0.3, -0.25) is 14.4 Å². The zero-order chi connectivity index (χ0) is 25.7. The highest BCUT2D eigenvalue weighted by atomic mass is 16.5. The molecule has 4 rings (SSSR count). The number of amides is 2. The molecule has 2 aromatic heterocycles. The fourth-order valence-electron chi connectivity index (χ4n) is 3.37. The number of carboxylic acids is 1. The molecule has 5 N–H and O–H groups in total. The molecule has 36 heavy (non-hydrogen) atoms. The molecule has 0 spiro atoms. The zero-order valence-electron chi connectivity index (χ0n) is 18.7. The summed E-state index contributed by atoms with van der Waals surface area (Å²) in [5.41, 5.74) is 7.97. The number of ether oxygens (including phenoxy) is 1. The predicted molar refractivity (Wildman–Crippen MR) is 126 cm³/mol. The van der Waals surface area contributed by atoms with Crippen molar-refractivity contribution in [1.82, 2.24) is 25.2 Å². The molecule has 2 amide bonds. The van der Waals surface area contributed by atoms with Gasteiger partial charge in [-0.15, -0.1) is 0 Å². The van der Waals surface area contributed by atoms with Crippen LogP contribution in [0.1, 0.15) is 42.5 Å². The molecule has 0 unspecified atom stereocenters. The summed E-state index contributed by atoms with van der Waals surface area (Å²) in [6.07, 6.45) is 1.46. The molecule has 0 aliphatic heterocycles. The highest BCUT2D eigenvalue weighted by Crippen LogP contribution is 2.22. The standard InChI is InChI=1S/C24H20N6O6/c25-17-9-15(3-6-20(17)36-13-31)12-26-22(32)18-10-19(30-21(29-18)7-8-28-30)23(33)27-11-14-1-4-16(5-2-14)24(34)35/h1-10,13H,11-12,25H2,(H,26,32)(H,27,33)(H,34,35). The maximum Gasteiger partial charge on any atom is 0.335 e. The summed E-state index contributed by atoms with van der Waals surface area (Å²) in [5.74, 6) is -1.85. The molecule has 12 nitrogen and oxygen atoms in total. The van der Waals surface area contributed by atoms with Gasteiger partial charge in [0.15, 0.2) is 11.4 Å². The molecule has 0 aliphatic rings. The molecule has 0 saturated heterocycles. The van der Waals surface area contributed by atoms with E-state index in [4.69, 9.17) is 15.6 Å². The highest BCUT2D eigenvalue weighted by molar-refractivity contribution is 5.98. The van der Waals surface area contributed by atoms with E-state index in [0.29, 0.717) is 16.8 Å². The number of aromatic nitrogens is 3. The lowest BCUT2D eigenvalue weighted by atomic mass is 10.1. The summed E-state index contributed by atoms with van der Waals surface area (Å²) in [6, 6.07) is 13.7. The van der Waals surface area contributed by atoms with Crippen LogP contribution in [0.25, 0.3) is 5.65 Å². The van der Waals surface area contributed by atoms with Crippen LogP contribution in [0.3, 0.4) is 0 Å². The van der Waals surface area contributed by atoms with Crippen molar-refractivity contribution in [2.24, 2.45) is 0 Å². The van der Waals surface area contributed by atoms with Gasteiger partial charge in [0.1, 0.15) is 11.4 Å². The summed E-state index contributed by atoms with van der Waals surface area (Å²) in [6.45, 7) is 0.523. The number of fused-ring (bicyclic) bond motifs is 1. The van der Waals surface area contributed by atoms with Crippen molar-refractivity contribution in [2.45, 2.75) is 13.1 Å². The smallest absolute Gasteiger partial charge is 0.335 e. The Kier molecular flexibility index (Phi) is 6.86. The van der Waals surface area contributed by atoms with Crippen LogP contribution in [0.4, 0.5) is 5.69 Å². The molecule has 0 bridgehead atoms. The Labute approximate surface area is 203 Å². The molecule has 2 aromatic carbocycles.